The zero-order valence-electron chi connectivity index (χ0n) is 38.1. The van der Waals surface area contributed by atoms with Gasteiger partial charge in [0.25, 0.3) is 0 Å². The topological polar surface area (TPSA) is 6.48 Å². The fourth-order valence-corrected chi connectivity index (χ4v) is 11.8. The molecule has 0 amide bonds. The molecule has 0 spiro atoms. The van der Waals surface area contributed by atoms with Crippen LogP contribution >= 0.6 is 0 Å². The van der Waals surface area contributed by atoms with E-state index in [9.17, 15) is 0 Å². The molecule has 0 aromatic heterocycles. The monoisotopic (exact) mass is 868 g/mol. The highest BCUT2D eigenvalue weighted by Crippen LogP contribution is 2.60. The summed E-state index contributed by atoms with van der Waals surface area (Å²) in [7, 11) is 0. The Balaban J connectivity index is 1.11. The van der Waals surface area contributed by atoms with Crippen LogP contribution < -0.4 is 9.80 Å². The fourth-order valence-electron chi connectivity index (χ4n) is 11.8. The Bertz CT molecular complexity index is 3680. The van der Waals surface area contributed by atoms with Crippen molar-refractivity contribution in [2.45, 2.75) is 24.7 Å². The first-order chi connectivity index (χ1) is 33.5. The molecule has 11 aromatic carbocycles. The lowest BCUT2D eigenvalue weighted by atomic mass is 9.67. The molecule has 11 aromatic rings. The summed E-state index contributed by atoms with van der Waals surface area (Å²) in [5.74, 6) is 0. The molecule has 0 saturated carbocycles. The largest absolute Gasteiger partial charge is 0.308 e. The van der Waals surface area contributed by atoms with Crippen LogP contribution in [0.4, 0.5) is 34.1 Å². The Morgan fingerprint density at radius 2 is 0.912 bits per heavy atom. The quantitative estimate of drug-likeness (QED) is 0.157. The molecule has 2 aliphatic rings. The van der Waals surface area contributed by atoms with Gasteiger partial charge in [0.05, 0.1) is 28.2 Å². The average molecular weight is 869 g/mol. The maximum Gasteiger partial charge on any atom is 0.0781 e. The van der Waals surface area contributed by atoms with Crippen LogP contribution in [0.1, 0.15) is 47.2 Å². The van der Waals surface area contributed by atoms with E-state index in [4.69, 9.17) is 0 Å². The van der Waals surface area contributed by atoms with Crippen molar-refractivity contribution in [1.29, 1.82) is 0 Å². The lowest BCUT2D eigenvalue weighted by Crippen LogP contribution is -2.31. The molecule has 0 saturated heterocycles. The van der Waals surface area contributed by atoms with Gasteiger partial charge in [0.15, 0.2) is 0 Å². The molecule has 13 rings (SSSR count). The molecule has 2 nitrogen and oxygen atoms in total. The van der Waals surface area contributed by atoms with Crippen LogP contribution in [0.5, 0.6) is 0 Å². The molecular weight excluding hydrogens is 821 g/mol. The standard InChI is InChI=1S/C66H48N2/c1-65(2)58-35-18-19-36-61(58)68(63-43-47(37-41-59(63)65)53-33-20-23-45-21-12-14-30-52(45)53)64-54-31-15-13-22-46(54)38-42-62(64)67(50-28-10-5-11-29-50)51-39-40-56-55-32-16-17-34-57(55)66(60(56)44-51,48-24-6-3-7-25-48)49-26-8-4-9-27-49/h3-44H,1-2H3. The first-order valence-electron chi connectivity index (χ1n) is 23.8. The predicted molar refractivity (Wildman–Crippen MR) is 286 cm³/mol. The van der Waals surface area contributed by atoms with Gasteiger partial charge in [-0.3, -0.25) is 0 Å². The number of benzene rings is 11. The zero-order valence-corrected chi connectivity index (χ0v) is 38.1. The second-order valence-electron chi connectivity index (χ2n) is 18.8. The lowest BCUT2D eigenvalue weighted by Gasteiger charge is -2.44. The fraction of sp³-hybridized carbons (Fsp3) is 0.0606. The molecule has 1 aliphatic carbocycles. The molecule has 0 bridgehead atoms. The van der Waals surface area contributed by atoms with Gasteiger partial charge in [-0.25, -0.2) is 0 Å². The summed E-state index contributed by atoms with van der Waals surface area (Å²) in [5.41, 5.74) is 18.5. The van der Waals surface area contributed by atoms with Crippen LogP contribution in [0.2, 0.25) is 0 Å². The third-order valence-corrected chi connectivity index (χ3v) is 14.9. The second kappa shape index (κ2) is 15.6. The van der Waals surface area contributed by atoms with Gasteiger partial charge in [0.1, 0.15) is 0 Å². The van der Waals surface area contributed by atoms with Crippen LogP contribution in [0, 0.1) is 0 Å². The van der Waals surface area contributed by atoms with E-state index < -0.39 is 5.41 Å². The Labute approximate surface area is 398 Å². The molecule has 322 valence electrons. The number of hydrogen-bond acceptors (Lipinski definition) is 2. The van der Waals surface area contributed by atoms with Crippen molar-refractivity contribution in [2.75, 3.05) is 9.80 Å². The van der Waals surface area contributed by atoms with Crippen molar-refractivity contribution < 1.29 is 0 Å². The minimum Gasteiger partial charge on any atom is -0.308 e. The average Bonchev–Trinajstić information content (AvgIpc) is 3.70. The third-order valence-electron chi connectivity index (χ3n) is 14.9. The molecule has 68 heavy (non-hydrogen) atoms. The Kier molecular flexibility index (Phi) is 9.13. The summed E-state index contributed by atoms with van der Waals surface area (Å²) in [4.78, 5) is 5.09. The number of rotatable bonds is 7. The first kappa shape index (κ1) is 39.9. The van der Waals surface area contributed by atoms with Crippen molar-refractivity contribution >= 4 is 55.7 Å². The van der Waals surface area contributed by atoms with Crippen LogP contribution in [0.3, 0.4) is 0 Å². The van der Waals surface area contributed by atoms with Gasteiger partial charge >= 0.3 is 0 Å². The van der Waals surface area contributed by atoms with E-state index in [1.165, 1.54) is 88.6 Å². The summed E-state index contributed by atoms with van der Waals surface area (Å²) >= 11 is 0. The van der Waals surface area contributed by atoms with Gasteiger partial charge in [0.2, 0.25) is 0 Å². The van der Waals surface area contributed by atoms with E-state index in [1.807, 2.05) is 0 Å². The number of nitrogens with zero attached hydrogens (tertiary/aromatic N) is 2. The lowest BCUT2D eigenvalue weighted by molar-refractivity contribution is 0.632. The highest BCUT2D eigenvalue weighted by atomic mass is 15.2. The maximum absolute atomic E-state index is 2.58. The number of hydrogen-bond donors (Lipinski definition) is 0. The summed E-state index contributed by atoms with van der Waals surface area (Å²) in [6, 6.07) is 94.6. The minimum absolute atomic E-state index is 0.267. The second-order valence-corrected chi connectivity index (χ2v) is 18.8. The number of anilines is 6. The molecule has 0 fully saturated rings. The maximum atomic E-state index is 2.58. The Morgan fingerprint density at radius 3 is 1.66 bits per heavy atom. The molecule has 1 aliphatic heterocycles. The van der Waals surface area contributed by atoms with Gasteiger partial charge in [-0.05, 0) is 114 Å². The molecular formula is C66H48N2. The molecule has 0 N–H and O–H groups in total. The number of fused-ring (bicyclic) bond motifs is 7. The molecule has 0 radical (unpaired) electrons. The Morgan fingerprint density at radius 1 is 0.353 bits per heavy atom. The van der Waals surface area contributed by atoms with Crippen LogP contribution in [0.15, 0.2) is 255 Å². The summed E-state index contributed by atoms with van der Waals surface area (Å²) in [6.07, 6.45) is 0. The van der Waals surface area contributed by atoms with Crippen molar-refractivity contribution in [1.82, 2.24) is 0 Å². The van der Waals surface area contributed by atoms with Crippen LogP contribution in [0.25, 0.3) is 43.8 Å². The first-order valence-corrected chi connectivity index (χ1v) is 23.8. The molecule has 0 unspecified atom stereocenters. The highest BCUT2D eigenvalue weighted by Gasteiger charge is 2.46. The van der Waals surface area contributed by atoms with Gasteiger partial charge in [0, 0.05) is 22.2 Å². The van der Waals surface area contributed by atoms with E-state index in [1.54, 1.807) is 0 Å². The van der Waals surface area contributed by atoms with E-state index >= 15 is 0 Å². The van der Waals surface area contributed by atoms with E-state index in [2.05, 4.69) is 278 Å². The Hall–Kier alpha value is -8.46. The number of para-hydroxylation sites is 2. The highest BCUT2D eigenvalue weighted by molar-refractivity contribution is 6.09. The van der Waals surface area contributed by atoms with Crippen molar-refractivity contribution in [3.63, 3.8) is 0 Å². The minimum atomic E-state index is -0.548. The van der Waals surface area contributed by atoms with Gasteiger partial charge < -0.3 is 9.80 Å². The normalized spacial score (nSPS) is 13.9. The van der Waals surface area contributed by atoms with Crippen molar-refractivity contribution in [2.24, 2.45) is 0 Å². The summed E-state index contributed by atoms with van der Waals surface area (Å²) in [6.45, 7) is 4.77. The van der Waals surface area contributed by atoms with E-state index in [0.29, 0.717) is 0 Å². The molecule has 1 heterocycles. The summed E-state index contributed by atoms with van der Waals surface area (Å²) < 4.78 is 0. The van der Waals surface area contributed by atoms with E-state index in [-0.39, 0.29) is 5.41 Å². The molecule has 2 heteroatoms. The van der Waals surface area contributed by atoms with Gasteiger partial charge in [-0.1, -0.05) is 226 Å². The third kappa shape index (κ3) is 5.90. The summed E-state index contributed by atoms with van der Waals surface area (Å²) in [5, 5.41) is 4.85. The molecule has 0 atom stereocenters. The van der Waals surface area contributed by atoms with E-state index in [0.717, 1.165) is 22.7 Å². The smallest absolute Gasteiger partial charge is 0.0781 e. The van der Waals surface area contributed by atoms with Crippen molar-refractivity contribution in [3.8, 4) is 22.3 Å². The van der Waals surface area contributed by atoms with Gasteiger partial charge in [-0.2, -0.15) is 0 Å². The van der Waals surface area contributed by atoms with Crippen molar-refractivity contribution in [3.05, 3.63) is 288 Å². The predicted octanol–water partition coefficient (Wildman–Crippen LogP) is 17.6. The van der Waals surface area contributed by atoms with Crippen LogP contribution in [-0.2, 0) is 10.8 Å². The van der Waals surface area contributed by atoms with Crippen LogP contribution in [-0.4, -0.2) is 0 Å². The zero-order chi connectivity index (χ0) is 45.4. The van der Waals surface area contributed by atoms with Gasteiger partial charge in [-0.15, -0.1) is 0 Å². The SMILES string of the molecule is CC1(C)c2ccccc2N(c2c(N(c3ccccc3)c3ccc4c(c3)C(c3ccccc3)(c3ccccc3)c3ccccc3-4)ccc3ccccc23)c2cc(-c3cccc4ccccc34)ccc21.